The molecule has 3 rings (SSSR count). The van der Waals surface area contributed by atoms with Crippen LogP contribution in [0, 0.1) is 0 Å². The molecular formula is C29H37N3O3S. The number of alkyl carbamates (subject to hydrolysis) is 1. The maximum absolute atomic E-state index is 13.6. The number of hydrogen-bond donors (Lipinski definition) is 2. The van der Waals surface area contributed by atoms with Crippen LogP contribution in [0.1, 0.15) is 68.1 Å². The number of ether oxygens (including phenoxy) is 1. The summed E-state index contributed by atoms with van der Waals surface area (Å²) in [5.41, 5.74) is 3.67. The van der Waals surface area contributed by atoms with Crippen LogP contribution in [0.4, 0.5) is 4.79 Å². The molecule has 2 unspecified atom stereocenters. The molecule has 6 nitrogen and oxygen atoms in total. The lowest BCUT2D eigenvalue weighted by atomic mass is 10.0. The number of carbonyl (C=O) groups is 2. The molecule has 36 heavy (non-hydrogen) atoms. The molecule has 3 aromatic rings. The summed E-state index contributed by atoms with van der Waals surface area (Å²) < 4.78 is 5.44. The van der Waals surface area contributed by atoms with Crippen molar-refractivity contribution in [2.75, 3.05) is 0 Å². The number of carbonyl (C=O) groups excluding carboxylic acids is 2. The van der Waals surface area contributed by atoms with E-state index in [4.69, 9.17) is 9.72 Å². The van der Waals surface area contributed by atoms with Crippen LogP contribution in [-0.4, -0.2) is 28.6 Å². The Balaban J connectivity index is 1.83. The third kappa shape index (κ3) is 8.48. The monoisotopic (exact) mass is 507 g/mol. The van der Waals surface area contributed by atoms with E-state index in [0.29, 0.717) is 12.8 Å². The second-order valence-corrected chi connectivity index (χ2v) is 10.7. The molecule has 2 N–H and O–H groups in total. The summed E-state index contributed by atoms with van der Waals surface area (Å²) >= 11 is 1.55. The van der Waals surface area contributed by atoms with Crippen molar-refractivity contribution >= 4 is 23.3 Å². The van der Waals surface area contributed by atoms with Crippen LogP contribution in [0.25, 0.3) is 0 Å². The number of benzene rings is 2. The Hall–Kier alpha value is -3.19. The molecule has 7 heteroatoms. The largest absolute Gasteiger partial charge is 0.444 e. The average Bonchev–Trinajstić information content (AvgIpc) is 3.32. The molecule has 0 radical (unpaired) electrons. The number of rotatable bonds is 10. The number of hydrogen-bond acceptors (Lipinski definition) is 5. The Kier molecular flexibility index (Phi) is 9.65. The lowest BCUT2D eigenvalue weighted by Gasteiger charge is -2.25. The van der Waals surface area contributed by atoms with Gasteiger partial charge >= 0.3 is 6.09 Å². The van der Waals surface area contributed by atoms with Crippen molar-refractivity contribution in [2.24, 2.45) is 0 Å². The Labute approximate surface area is 218 Å². The van der Waals surface area contributed by atoms with Crippen LogP contribution in [0.3, 0.4) is 0 Å². The third-order valence-corrected chi connectivity index (χ3v) is 6.71. The van der Waals surface area contributed by atoms with Gasteiger partial charge in [0.25, 0.3) is 0 Å². The molecule has 0 saturated carbocycles. The predicted octanol–water partition coefficient (Wildman–Crippen LogP) is 5.80. The number of nitrogens with one attached hydrogen (secondary N) is 2. The fourth-order valence-electron chi connectivity index (χ4n) is 3.77. The zero-order valence-corrected chi connectivity index (χ0v) is 22.7. The van der Waals surface area contributed by atoms with Crippen molar-refractivity contribution in [3.63, 3.8) is 0 Å². The van der Waals surface area contributed by atoms with Crippen LogP contribution < -0.4 is 10.6 Å². The van der Waals surface area contributed by atoms with E-state index in [1.807, 2.05) is 35.7 Å². The lowest BCUT2D eigenvalue weighted by Crippen LogP contribution is -2.50. The van der Waals surface area contributed by atoms with Gasteiger partial charge in [-0.25, -0.2) is 9.78 Å². The number of thiazole rings is 1. The first-order valence-corrected chi connectivity index (χ1v) is 13.4. The predicted molar refractivity (Wildman–Crippen MR) is 145 cm³/mol. The number of amides is 2. The zero-order chi connectivity index (χ0) is 26.1. The van der Waals surface area contributed by atoms with Gasteiger partial charge in [0.1, 0.15) is 16.7 Å². The third-order valence-electron chi connectivity index (χ3n) is 5.71. The standard InChI is InChI=1S/C29H37N3O3S/c1-6-20-13-15-22(16-14-20)18-25(27-30-23(7-2)19-36-27)31-26(33)24(17-21-11-9-8-10-12-21)32-28(34)35-29(3,4)5/h8-16,19,24-25H,6-7,17-18H2,1-5H3,(H,31,33)(H,32,34). The average molecular weight is 508 g/mol. The van der Waals surface area contributed by atoms with Gasteiger partial charge in [-0.2, -0.15) is 0 Å². The van der Waals surface area contributed by atoms with Crippen molar-refractivity contribution in [3.8, 4) is 0 Å². The second kappa shape index (κ2) is 12.7. The topological polar surface area (TPSA) is 80.3 Å². The quantitative estimate of drug-likeness (QED) is 0.363. The summed E-state index contributed by atoms with van der Waals surface area (Å²) in [6.07, 6.45) is 2.15. The van der Waals surface area contributed by atoms with E-state index in [2.05, 4.69) is 48.7 Å². The van der Waals surface area contributed by atoms with E-state index in [1.54, 1.807) is 32.1 Å². The minimum Gasteiger partial charge on any atom is -0.444 e. The highest BCUT2D eigenvalue weighted by Gasteiger charge is 2.28. The van der Waals surface area contributed by atoms with Gasteiger partial charge < -0.3 is 15.4 Å². The molecule has 2 aromatic carbocycles. The fraction of sp³-hybridized carbons (Fsp3) is 0.414. The normalized spacial score (nSPS) is 13.0. The summed E-state index contributed by atoms with van der Waals surface area (Å²) in [5, 5.41) is 8.85. The summed E-state index contributed by atoms with van der Waals surface area (Å²) in [6.45, 7) is 9.59. The van der Waals surface area contributed by atoms with Crippen LogP contribution in [0.5, 0.6) is 0 Å². The molecule has 0 aliphatic heterocycles. The van der Waals surface area contributed by atoms with Crippen molar-refractivity contribution in [1.29, 1.82) is 0 Å². The van der Waals surface area contributed by atoms with Gasteiger partial charge in [-0.1, -0.05) is 68.4 Å². The summed E-state index contributed by atoms with van der Waals surface area (Å²) in [4.78, 5) is 30.9. The van der Waals surface area contributed by atoms with Gasteiger partial charge in [0.15, 0.2) is 0 Å². The van der Waals surface area contributed by atoms with Gasteiger partial charge in [0.2, 0.25) is 5.91 Å². The highest BCUT2D eigenvalue weighted by Crippen LogP contribution is 2.24. The Bertz CT molecular complexity index is 1120. The van der Waals surface area contributed by atoms with Crippen LogP contribution in [0.2, 0.25) is 0 Å². The number of aromatic nitrogens is 1. The van der Waals surface area contributed by atoms with E-state index >= 15 is 0 Å². The fourth-order valence-corrected chi connectivity index (χ4v) is 4.73. The summed E-state index contributed by atoms with van der Waals surface area (Å²) in [7, 11) is 0. The Morgan fingerprint density at radius 1 is 0.889 bits per heavy atom. The molecule has 1 aromatic heterocycles. The SMILES string of the molecule is CCc1ccc(CC(NC(=O)C(Cc2ccccc2)NC(=O)OC(C)(C)C)c2nc(CC)cs2)cc1. The highest BCUT2D eigenvalue weighted by molar-refractivity contribution is 7.09. The van der Waals surface area contributed by atoms with Crippen LogP contribution in [0.15, 0.2) is 60.0 Å². The molecule has 0 aliphatic carbocycles. The van der Waals surface area contributed by atoms with E-state index in [9.17, 15) is 9.59 Å². The molecule has 0 aliphatic rings. The molecule has 2 atom stereocenters. The molecule has 2 amide bonds. The first-order valence-electron chi connectivity index (χ1n) is 12.5. The van der Waals surface area contributed by atoms with Gasteiger partial charge in [0, 0.05) is 11.8 Å². The maximum Gasteiger partial charge on any atom is 0.408 e. The maximum atomic E-state index is 13.6. The van der Waals surface area contributed by atoms with Gasteiger partial charge in [0.05, 0.1) is 11.7 Å². The summed E-state index contributed by atoms with van der Waals surface area (Å²) in [5.74, 6) is -0.270. The van der Waals surface area contributed by atoms with E-state index in [-0.39, 0.29) is 11.9 Å². The smallest absolute Gasteiger partial charge is 0.408 e. The van der Waals surface area contributed by atoms with Crippen molar-refractivity contribution in [3.05, 3.63) is 87.4 Å². The summed E-state index contributed by atoms with van der Waals surface area (Å²) in [6, 6.07) is 17.0. The lowest BCUT2D eigenvalue weighted by molar-refractivity contribution is -0.124. The van der Waals surface area contributed by atoms with Gasteiger partial charge in [-0.05, 0) is 56.7 Å². The molecule has 0 fully saturated rings. The Morgan fingerprint density at radius 2 is 1.53 bits per heavy atom. The van der Waals surface area contributed by atoms with Gasteiger partial charge in [-0.3, -0.25) is 4.79 Å². The van der Waals surface area contributed by atoms with Crippen molar-refractivity contribution in [1.82, 2.24) is 15.6 Å². The van der Waals surface area contributed by atoms with Crippen LogP contribution >= 0.6 is 11.3 Å². The number of aryl methyl sites for hydroxylation is 2. The van der Waals surface area contributed by atoms with E-state index in [1.165, 1.54) is 5.56 Å². The Morgan fingerprint density at radius 3 is 2.11 bits per heavy atom. The molecule has 192 valence electrons. The molecular weight excluding hydrogens is 470 g/mol. The van der Waals surface area contributed by atoms with E-state index in [0.717, 1.165) is 34.7 Å². The molecule has 0 spiro atoms. The van der Waals surface area contributed by atoms with Crippen LogP contribution in [-0.2, 0) is 35.2 Å². The molecule has 0 bridgehead atoms. The minimum absolute atomic E-state index is 0.270. The highest BCUT2D eigenvalue weighted by atomic mass is 32.1. The van der Waals surface area contributed by atoms with Crippen molar-refractivity contribution in [2.45, 2.75) is 78.0 Å². The first kappa shape index (κ1) is 27.4. The first-order chi connectivity index (χ1) is 17.2. The van der Waals surface area contributed by atoms with Crippen molar-refractivity contribution < 1.29 is 14.3 Å². The van der Waals surface area contributed by atoms with Gasteiger partial charge in [-0.15, -0.1) is 11.3 Å². The molecule has 0 saturated heterocycles. The molecule has 1 heterocycles. The minimum atomic E-state index is -0.794. The zero-order valence-electron chi connectivity index (χ0n) is 21.8. The van der Waals surface area contributed by atoms with E-state index < -0.39 is 17.7 Å². The number of nitrogens with zero attached hydrogens (tertiary/aromatic N) is 1. The second-order valence-electron chi connectivity index (χ2n) is 9.85.